The maximum Gasteiger partial charge on any atom is 0.416 e. The van der Waals surface area contributed by atoms with Gasteiger partial charge in [-0.25, -0.2) is 18.0 Å². The van der Waals surface area contributed by atoms with E-state index in [4.69, 9.17) is 16.3 Å². The Bertz CT molecular complexity index is 1470. The van der Waals surface area contributed by atoms with Crippen LogP contribution >= 0.6 is 11.6 Å². The second-order valence-corrected chi connectivity index (χ2v) is 11.9. The van der Waals surface area contributed by atoms with Crippen LogP contribution in [0.4, 0.5) is 26.3 Å². The van der Waals surface area contributed by atoms with E-state index in [1.165, 1.54) is 19.1 Å². The largest absolute Gasteiger partial charge is 0.490 e. The third-order valence-electron chi connectivity index (χ3n) is 8.26. The fraction of sp³-hybridized carbons (Fsp3) is 0.484. The van der Waals surface area contributed by atoms with Gasteiger partial charge in [0.15, 0.2) is 6.04 Å². The lowest BCUT2D eigenvalue weighted by Crippen LogP contribution is -2.46. The maximum atomic E-state index is 15.8. The van der Waals surface area contributed by atoms with Crippen molar-refractivity contribution < 1.29 is 50.9 Å². The molecule has 4 rings (SSSR count). The minimum Gasteiger partial charge on any atom is -0.490 e. The van der Waals surface area contributed by atoms with E-state index in [1.54, 1.807) is 11.8 Å². The number of likely N-dealkylation sites (tertiary alicyclic amines) is 1. The van der Waals surface area contributed by atoms with Crippen molar-refractivity contribution in [3.63, 3.8) is 0 Å². The zero-order valence-electron chi connectivity index (χ0n) is 24.6. The number of aliphatic carboxylic acids is 1. The van der Waals surface area contributed by atoms with Gasteiger partial charge in [0, 0.05) is 31.3 Å². The van der Waals surface area contributed by atoms with E-state index in [0.29, 0.717) is 35.4 Å². The van der Waals surface area contributed by atoms with Gasteiger partial charge in [0.1, 0.15) is 36.4 Å². The molecule has 1 aliphatic heterocycles. The van der Waals surface area contributed by atoms with Crippen molar-refractivity contribution in [1.82, 2.24) is 9.80 Å². The van der Waals surface area contributed by atoms with Crippen LogP contribution in [-0.2, 0) is 17.5 Å². The number of hydrogen-bond acceptors (Lipinski definition) is 5. The predicted molar refractivity (Wildman–Crippen MR) is 153 cm³/mol. The van der Waals surface area contributed by atoms with Crippen molar-refractivity contribution in [2.24, 2.45) is 0 Å². The zero-order valence-corrected chi connectivity index (χ0v) is 25.3. The number of alkyl halides is 4. The second kappa shape index (κ2) is 13.6. The van der Waals surface area contributed by atoms with Gasteiger partial charge in [-0.3, -0.25) is 14.6 Å². The van der Waals surface area contributed by atoms with Crippen molar-refractivity contribution >= 4 is 23.5 Å². The lowest BCUT2D eigenvalue weighted by molar-refractivity contribution is -0.142. The highest BCUT2D eigenvalue weighted by Gasteiger charge is 2.39. The third-order valence-corrected chi connectivity index (χ3v) is 8.53. The van der Waals surface area contributed by atoms with Crippen LogP contribution in [0.5, 0.6) is 5.75 Å². The number of aliphatic hydroxyl groups excluding tert-OH is 1. The summed E-state index contributed by atoms with van der Waals surface area (Å²) < 4.78 is 90.8. The summed E-state index contributed by atoms with van der Waals surface area (Å²) in [5.74, 6) is -4.51. The number of benzene rings is 2. The summed E-state index contributed by atoms with van der Waals surface area (Å²) in [6, 6.07) is 1.88. The zero-order chi connectivity index (χ0) is 33.3. The van der Waals surface area contributed by atoms with Crippen LogP contribution in [0.25, 0.3) is 0 Å². The first-order valence-corrected chi connectivity index (χ1v) is 14.7. The lowest BCUT2D eigenvalue weighted by Gasteiger charge is -2.36. The van der Waals surface area contributed by atoms with Gasteiger partial charge in [0.25, 0.3) is 5.91 Å². The number of carbonyl (C=O) groups excluding carboxylic acids is 1. The minimum absolute atomic E-state index is 0.0293. The highest BCUT2D eigenvalue weighted by atomic mass is 35.5. The van der Waals surface area contributed by atoms with E-state index in [-0.39, 0.29) is 55.3 Å². The van der Waals surface area contributed by atoms with E-state index in [0.717, 1.165) is 6.07 Å². The number of halogens is 7. The topological polar surface area (TPSA) is 90.3 Å². The maximum absolute atomic E-state index is 15.8. The number of carboxylic acid groups (broad SMARTS) is 1. The average molecular weight is 663 g/mol. The Balaban J connectivity index is 1.46. The Morgan fingerprint density at radius 3 is 2.36 bits per heavy atom. The van der Waals surface area contributed by atoms with Gasteiger partial charge in [-0.2, -0.15) is 13.2 Å². The fourth-order valence-electron chi connectivity index (χ4n) is 5.35. The molecule has 2 aromatic carbocycles. The van der Waals surface area contributed by atoms with Crippen molar-refractivity contribution in [2.45, 2.75) is 69.9 Å². The van der Waals surface area contributed by atoms with Crippen LogP contribution in [-0.4, -0.2) is 70.0 Å². The summed E-state index contributed by atoms with van der Waals surface area (Å²) in [6.07, 6.45) is -2.01. The predicted octanol–water partition coefficient (Wildman–Crippen LogP) is 6.71. The summed E-state index contributed by atoms with van der Waals surface area (Å²) in [6.45, 7) is 1.54. The molecule has 2 aliphatic rings. The van der Waals surface area contributed by atoms with Crippen molar-refractivity contribution in [3.05, 3.63) is 74.8 Å². The van der Waals surface area contributed by atoms with E-state index >= 15 is 8.78 Å². The number of aliphatic hydroxyl groups is 1. The first-order valence-electron chi connectivity index (χ1n) is 14.3. The molecule has 0 radical (unpaired) electrons. The third kappa shape index (κ3) is 7.93. The standard InChI is InChI=1S/C31H33ClF6N2O5/c1-3-17(2)27(29(43)44)40(16-41)28(42)22-12-21(18-4-5-18)25(13-24(22)33)45-15-30(35)6-8-39(9-7-30)14-19-10-20(31(36,37)38)11-23(32)26(19)34/h3,10-13,18,27,41H,4-9,14-16H2,1-2H3,(H,43,44)/b17-3+/t27-/m0/s1. The molecule has 2 fully saturated rings. The number of nitrogens with zero attached hydrogens (tertiary/aromatic N) is 2. The molecule has 0 aromatic heterocycles. The first kappa shape index (κ1) is 34.6. The molecule has 1 amide bonds. The molecule has 0 unspecified atom stereocenters. The molecule has 45 heavy (non-hydrogen) atoms. The molecular weight excluding hydrogens is 630 g/mol. The lowest BCUT2D eigenvalue weighted by atomic mass is 9.93. The monoisotopic (exact) mass is 662 g/mol. The van der Waals surface area contributed by atoms with Gasteiger partial charge in [-0.05, 0) is 74.8 Å². The Labute approximate surface area is 261 Å². The quantitative estimate of drug-likeness (QED) is 0.158. The minimum atomic E-state index is -4.71. The van der Waals surface area contributed by atoms with Crippen LogP contribution < -0.4 is 4.74 Å². The average Bonchev–Trinajstić information content (AvgIpc) is 3.82. The number of piperidine rings is 1. The van der Waals surface area contributed by atoms with E-state index in [1.807, 2.05) is 0 Å². The van der Waals surface area contributed by atoms with E-state index in [2.05, 4.69) is 0 Å². The summed E-state index contributed by atoms with van der Waals surface area (Å²) in [5, 5.41) is 18.8. The van der Waals surface area contributed by atoms with Crippen LogP contribution in [0.1, 0.15) is 72.5 Å². The van der Waals surface area contributed by atoms with E-state index in [9.17, 15) is 37.4 Å². The number of hydrogen-bond donors (Lipinski definition) is 2. The van der Waals surface area contributed by atoms with Gasteiger partial charge in [0.05, 0.1) is 16.1 Å². The number of ether oxygens (including phenoxy) is 1. The molecule has 0 bridgehead atoms. The van der Waals surface area contributed by atoms with Gasteiger partial charge < -0.3 is 14.9 Å². The normalized spacial score (nSPS) is 18.0. The molecule has 7 nitrogen and oxygen atoms in total. The SMILES string of the molecule is C/C=C(\C)[C@@H](C(=O)O)N(CO)C(=O)c1cc(C2CC2)c(OCC2(F)CCN(Cc3cc(C(F)(F)F)cc(Cl)c3F)CC2)cc1F. The Kier molecular flexibility index (Phi) is 10.4. The molecule has 1 saturated heterocycles. The molecule has 14 heteroatoms. The Morgan fingerprint density at radius 1 is 1.18 bits per heavy atom. The van der Waals surface area contributed by atoms with Gasteiger partial charge >= 0.3 is 12.1 Å². The van der Waals surface area contributed by atoms with Crippen LogP contribution in [0.2, 0.25) is 5.02 Å². The number of carbonyl (C=O) groups is 2. The molecule has 0 spiro atoms. The molecule has 2 aromatic rings. The molecule has 1 saturated carbocycles. The van der Waals surface area contributed by atoms with Crippen LogP contribution in [0, 0.1) is 11.6 Å². The molecule has 1 aliphatic carbocycles. The first-order chi connectivity index (χ1) is 21.1. The summed E-state index contributed by atoms with van der Waals surface area (Å²) in [5.41, 5.74) is -2.97. The molecule has 1 heterocycles. The smallest absolute Gasteiger partial charge is 0.416 e. The van der Waals surface area contributed by atoms with Crippen molar-refractivity contribution in [3.8, 4) is 5.75 Å². The summed E-state index contributed by atoms with van der Waals surface area (Å²) in [4.78, 5) is 27.3. The van der Waals surface area contributed by atoms with Gasteiger partial charge in [-0.15, -0.1) is 0 Å². The van der Waals surface area contributed by atoms with Gasteiger partial charge in [0.2, 0.25) is 0 Å². The number of amides is 1. The highest BCUT2D eigenvalue weighted by molar-refractivity contribution is 6.30. The van der Waals surface area contributed by atoms with Crippen molar-refractivity contribution in [1.29, 1.82) is 0 Å². The number of rotatable bonds is 11. The summed E-state index contributed by atoms with van der Waals surface area (Å²) in [7, 11) is 0. The molecule has 1 atom stereocenters. The number of carboxylic acids is 1. The Morgan fingerprint density at radius 2 is 1.82 bits per heavy atom. The molecule has 246 valence electrons. The Hall–Kier alpha value is -3.29. The van der Waals surface area contributed by atoms with Crippen molar-refractivity contribution in [2.75, 3.05) is 26.4 Å². The summed E-state index contributed by atoms with van der Waals surface area (Å²) >= 11 is 5.68. The molecule has 2 N–H and O–H groups in total. The fourth-order valence-corrected chi connectivity index (χ4v) is 5.59. The molecular formula is C31H33ClF6N2O5. The van der Waals surface area contributed by atoms with Crippen LogP contribution in [0.15, 0.2) is 35.9 Å². The number of allylic oxidation sites excluding steroid dienone is 1. The van der Waals surface area contributed by atoms with Crippen LogP contribution in [0.3, 0.4) is 0 Å². The van der Waals surface area contributed by atoms with Gasteiger partial charge in [-0.1, -0.05) is 17.7 Å². The highest BCUT2D eigenvalue weighted by Crippen LogP contribution is 2.46. The van der Waals surface area contributed by atoms with E-state index < -0.39 is 70.9 Å². The second-order valence-electron chi connectivity index (χ2n) is 11.5.